The van der Waals surface area contributed by atoms with Crippen LogP contribution in [0.5, 0.6) is 5.75 Å². The summed E-state index contributed by atoms with van der Waals surface area (Å²) < 4.78 is 5.49. The van der Waals surface area contributed by atoms with E-state index in [0.29, 0.717) is 5.75 Å². The number of nitrogens with two attached hydrogens (primary N) is 1. The highest BCUT2D eigenvalue weighted by molar-refractivity contribution is 5.76. The van der Waals surface area contributed by atoms with E-state index in [4.69, 9.17) is 20.7 Å². The topological polar surface area (TPSA) is 110 Å². The normalized spacial score (nSPS) is 16.2. The highest BCUT2D eigenvalue weighted by atomic mass is 16.5. The van der Waals surface area contributed by atoms with Crippen molar-refractivity contribution in [2.24, 2.45) is 5.73 Å². The van der Waals surface area contributed by atoms with Gasteiger partial charge in [-0.2, -0.15) is 0 Å². The third kappa shape index (κ3) is 3.27. The first-order chi connectivity index (χ1) is 9.47. The molecule has 0 fully saturated rings. The van der Waals surface area contributed by atoms with Gasteiger partial charge in [0.15, 0.2) is 0 Å². The number of rotatable bonds is 6. The first-order valence-electron chi connectivity index (χ1n) is 6.46. The maximum Gasteiger partial charge on any atom is 0.324 e. The third-order valence-electron chi connectivity index (χ3n) is 3.42. The Bertz CT molecular complexity index is 528. The van der Waals surface area contributed by atoms with Crippen LogP contribution in [0.15, 0.2) is 18.2 Å². The summed E-state index contributed by atoms with van der Waals surface area (Å²) in [5.41, 5.74) is 7.91. The highest BCUT2D eigenvalue weighted by Crippen LogP contribution is 2.27. The van der Waals surface area contributed by atoms with Gasteiger partial charge in [-0.1, -0.05) is 6.07 Å². The molecule has 2 unspecified atom stereocenters. The summed E-state index contributed by atoms with van der Waals surface area (Å²) in [6.07, 6.45) is 1.53. The average molecular weight is 279 g/mol. The third-order valence-corrected chi connectivity index (χ3v) is 3.42. The van der Waals surface area contributed by atoms with Crippen molar-refractivity contribution in [3.63, 3.8) is 0 Å². The molecule has 0 aliphatic heterocycles. The van der Waals surface area contributed by atoms with Crippen LogP contribution < -0.4 is 10.5 Å². The van der Waals surface area contributed by atoms with Crippen LogP contribution in [0.25, 0.3) is 0 Å². The van der Waals surface area contributed by atoms with Gasteiger partial charge in [-0.15, -0.1) is 0 Å². The van der Waals surface area contributed by atoms with Gasteiger partial charge in [0.05, 0.1) is 6.42 Å². The Kier molecular flexibility index (Phi) is 4.24. The molecule has 2 atom stereocenters. The average Bonchev–Trinajstić information content (AvgIpc) is 2.83. The Morgan fingerprint density at radius 2 is 1.95 bits per heavy atom. The maximum absolute atomic E-state index is 10.9. The molecule has 108 valence electrons. The van der Waals surface area contributed by atoms with Crippen molar-refractivity contribution in [3.8, 4) is 5.75 Å². The van der Waals surface area contributed by atoms with Crippen LogP contribution in [0.2, 0.25) is 0 Å². The summed E-state index contributed by atoms with van der Waals surface area (Å²) in [4.78, 5) is 21.7. The Morgan fingerprint density at radius 3 is 2.60 bits per heavy atom. The lowest BCUT2D eigenvalue weighted by molar-refractivity contribution is -0.143. The summed E-state index contributed by atoms with van der Waals surface area (Å²) in [7, 11) is 0. The van der Waals surface area contributed by atoms with Gasteiger partial charge in [0.25, 0.3) is 0 Å². The largest absolute Gasteiger partial charge is 0.488 e. The smallest absolute Gasteiger partial charge is 0.324 e. The van der Waals surface area contributed by atoms with Crippen LogP contribution in [0.3, 0.4) is 0 Å². The molecule has 20 heavy (non-hydrogen) atoms. The minimum Gasteiger partial charge on any atom is -0.488 e. The molecule has 4 N–H and O–H groups in total. The molecule has 0 aromatic heterocycles. The van der Waals surface area contributed by atoms with Gasteiger partial charge in [0, 0.05) is 0 Å². The minimum atomic E-state index is -1.38. The van der Waals surface area contributed by atoms with Crippen molar-refractivity contribution < 1.29 is 24.5 Å². The van der Waals surface area contributed by atoms with Gasteiger partial charge in [-0.05, 0) is 42.5 Å². The fourth-order valence-corrected chi connectivity index (χ4v) is 2.37. The summed E-state index contributed by atoms with van der Waals surface area (Å²) in [5, 5.41) is 17.7. The summed E-state index contributed by atoms with van der Waals surface area (Å²) in [6, 6.07) is 4.13. The lowest BCUT2D eigenvalue weighted by atomic mass is 10.1. The number of hydrogen-bond donors (Lipinski definition) is 3. The molecule has 6 heteroatoms. The second kappa shape index (κ2) is 5.92. The van der Waals surface area contributed by atoms with Crippen LogP contribution in [0.1, 0.15) is 24.0 Å². The number of ether oxygens (including phenoxy) is 1. The standard InChI is InChI=1S/C14H17NO5/c15-13(14(18)19)11(7-12(16)17)20-10-5-4-8-2-1-3-9(8)6-10/h4-6,11,13H,1-3,7,15H2,(H,16,17)(H,18,19). The van der Waals surface area contributed by atoms with E-state index in [1.54, 1.807) is 6.07 Å². The second-order valence-corrected chi connectivity index (χ2v) is 4.90. The molecule has 1 aliphatic rings. The molecule has 0 spiro atoms. The first kappa shape index (κ1) is 14.3. The Hall–Kier alpha value is -2.08. The zero-order chi connectivity index (χ0) is 14.7. The van der Waals surface area contributed by atoms with Crippen LogP contribution >= 0.6 is 0 Å². The van der Waals surface area contributed by atoms with Crippen LogP contribution in [-0.4, -0.2) is 34.3 Å². The molecule has 0 bridgehead atoms. The number of aliphatic carboxylic acids is 2. The van der Waals surface area contributed by atoms with E-state index in [2.05, 4.69) is 0 Å². The number of benzene rings is 1. The van der Waals surface area contributed by atoms with Gasteiger partial charge in [-0.3, -0.25) is 9.59 Å². The predicted octanol–water partition coefficient (Wildman–Crippen LogP) is 0.809. The van der Waals surface area contributed by atoms with E-state index in [1.807, 2.05) is 12.1 Å². The molecule has 1 aliphatic carbocycles. The lowest BCUT2D eigenvalue weighted by Gasteiger charge is -2.21. The van der Waals surface area contributed by atoms with Crippen LogP contribution in [0, 0.1) is 0 Å². The highest BCUT2D eigenvalue weighted by Gasteiger charge is 2.28. The van der Waals surface area contributed by atoms with E-state index in [-0.39, 0.29) is 0 Å². The van der Waals surface area contributed by atoms with E-state index < -0.39 is 30.5 Å². The monoisotopic (exact) mass is 279 g/mol. The number of aryl methyl sites for hydroxylation is 2. The van der Waals surface area contributed by atoms with E-state index in [0.717, 1.165) is 19.3 Å². The maximum atomic E-state index is 10.9. The molecule has 1 aromatic rings. The second-order valence-electron chi connectivity index (χ2n) is 4.90. The molecule has 0 amide bonds. The first-order valence-corrected chi connectivity index (χ1v) is 6.46. The lowest BCUT2D eigenvalue weighted by Crippen LogP contribution is -2.46. The fourth-order valence-electron chi connectivity index (χ4n) is 2.37. The van der Waals surface area contributed by atoms with Crippen LogP contribution in [-0.2, 0) is 22.4 Å². The summed E-state index contributed by atoms with van der Waals surface area (Å²) in [5.74, 6) is -1.96. The Labute approximate surface area is 116 Å². The molecular formula is C14H17NO5. The molecule has 6 nitrogen and oxygen atoms in total. The Morgan fingerprint density at radius 1 is 1.25 bits per heavy atom. The van der Waals surface area contributed by atoms with Crippen LogP contribution in [0.4, 0.5) is 0 Å². The summed E-state index contributed by atoms with van der Waals surface area (Å²) in [6.45, 7) is 0. The van der Waals surface area contributed by atoms with Gasteiger partial charge in [-0.25, -0.2) is 0 Å². The number of hydrogen-bond acceptors (Lipinski definition) is 4. The molecule has 0 radical (unpaired) electrons. The number of carboxylic acid groups (broad SMARTS) is 2. The van der Waals surface area contributed by atoms with Gasteiger partial charge in [0.1, 0.15) is 17.9 Å². The number of carboxylic acids is 2. The van der Waals surface area contributed by atoms with Crippen molar-refractivity contribution in [1.82, 2.24) is 0 Å². The van der Waals surface area contributed by atoms with Crippen molar-refractivity contribution in [3.05, 3.63) is 29.3 Å². The molecule has 0 saturated carbocycles. The van der Waals surface area contributed by atoms with Gasteiger partial charge < -0.3 is 20.7 Å². The predicted molar refractivity (Wildman–Crippen MR) is 70.7 cm³/mol. The van der Waals surface area contributed by atoms with Crippen molar-refractivity contribution in [1.29, 1.82) is 0 Å². The van der Waals surface area contributed by atoms with E-state index >= 15 is 0 Å². The molecular weight excluding hydrogens is 262 g/mol. The zero-order valence-electron chi connectivity index (χ0n) is 10.9. The van der Waals surface area contributed by atoms with Gasteiger partial charge in [0.2, 0.25) is 0 Å². The molecule has 2 rings (SSSR count). The van der Waals surface area contributed by atoms with Crippen molar-refractivity contribution in [2.75, 3.05) is 0 Å². The molecule has 0 heterocycles. The number of carbonyl (C=O) groups is 2. The SMILES string of the molecule is NC(C(=O)O)C(CC(=O)O)Oc1ccc2c(c1)CCC2. The quantitative estimate of drug-likeness (QED) is 0.710. The molecule has 0 saturated heterocycles. The Balaban J connectivity index is 2.14. The number of fused-ring (bicyclic) bond motifs is 1. The van der Waals surface area contributed by atoms with E-state index in [9.17, 15) is 9.59 Å². The van der Waals surface area contributed by atoms with Crippen molar-refractivity contribution >= 4 is 11.9 Å². The molecule has 1 aromatic carbocycles. The minimum absolute atomic E-state index is 0.454. The van der Waals surface area contributed by atoms with Gasteiger partial charge >= 0.3 is 11.9 Å². The fraction of sp³-hybridized carbons (Fsp3) is 0.429. The van der Waals surface area contributed by atoms with Crippen molar-refractivity contribution in [2.45, 2.75) is 37.8 Å². The zero-order valence-corrected chi connectivity index (χ0v) is 10.9. The van der Waals surface area contributed by atoms with E-state index in [1.165, 1.54) is 11.1 Å². The summed E-state index contributed by atoms with van der Waals surface area (Å²) >= 11 is 0.